The van der Waals surface area contributed by atoms with Gasteiger partial charge in [0.15, 0.2) is 11.5 Å². The van der Waals surface area contributed by atoms with Gasteiger partial charge in [-0.05, 0) is 42.0 Å². The predicted octanol–water partition coefficient (Wildman–Crippen LogP) is 2.21. The van der Waals surface area contributed by atoms with Crippen LogP contribution in [0.15, 0.2) is 60.0 Å². The lowest BCUT2D eigenvalue weighted by atomic mass is 10.2. The van der Waals surface area contributed by atoms with Crippen LogP contribution in [0.4, 0.5) is 0 Å². The predicted molar refractivity (Wildman–Crippen MR) is 113 cm³/mol. The molecule has 0 aliphatic rings. The normalized spacial score (nSPS) is 11.1. The van der Waals surface area contributed by atoms with Gasteiger partial charge in [-0.2, -0.15) is 4.31 Å². The first kappa shape index (κ1) is 23.2. The Kier molecular flexibility index (Phi) is 8.25. The van der Waals surface area contributed by atoms with Gasteiger partial charge in [-0.3, -0.25) is 4.79 Å². The van der Waals surface area contributed by atoms with Crippen molar-refractivity contribution >= 4 is 15.9 Å². The quantitative estimate of drug-likeness (QED) is 0.545. The van der Waals surface area contributed by atoms with Gasteiger partial charge in [-0.25, -0.2) is 8.42 Å². The van der Waals surface area contributed by atoms with Gasteiger partial charge in [0.2, 0.25) is 15.9 Å². The number of amides is 1. The van der Waals surface area contributed by atoms with E-state index in [-0.39, 0.29) is 24.5 Å². The average Bonchev–Trinajstić information content (AvgIpc) is 2.77. The molecule has 0 radical (unpaired) electrons. The molecule has 0 spiro atoms. The fourth-order valence-corrected chi connectivity index (χ4v) is 4.06. The maximum Gasteiger partial charge on any atom is 0.243 e. The molecule has 2 rings (SSSR count). The summed E-state index contributed by atoms with van der Waals surface area (Å²) in [5, 5.41) is 2.72. The van der Waals surface area contributed by atoms with E-state index >= 15 is 0 Å². The lowest BCUT2D eigenvalue weighted by Gasteiger charge is -2.20. The Balaban J connectivity index is 2.08. The van der Waals surface area contributed by atoms with Crippen LogP contribution in [-0.4, -0.2) is 53.0 Å². The van der Waals surface area contributed by atoms with Gasteiger partial charge in [0.25, 0.3) is 0 Å². The highest BCUT2D eigenvalue weighted by Gasteiger charge is 2.25. The number of methoxy groups -OCH3 is 3. The molecule has 0 aliphatic carbocycles. The summed E-state index contributed by atoms with van der Waals surface area (Å²) in [5.74, 6) is 1.22. The van der Waals surface area contributed by atoms with E-state index in [1.807, 2.05) is 0 Å². The smallest absolute Gasteiger partial charge is 0.243 e. The fourth-order valence-electron chi connectivity index (χ4n) is 2.70. The van der Waals surface area contributed by atoms with E-state index in [2.05, 4.69) is 11.9 Å². The number of carbonyl (C=O) groups is 1. The number of sulfonamides is 1. The van der Waals surface area contributed by atoms with Crippen LogP contribution in [0.2, 0.25) is 0 Å². The zero-order chi connectivity index (χ0) is 22.1. The Hall–Kier alpha value is -3.04. The van der Waals surface area contributed by atoms with Gasteiger partial charge >= 0.3 is 0 Å². The second-order valence-electron chi connectivity index (χ2n) is 6.23. The topological polar surface area (TPSA) is 94.2 Å². The van der Waals surface area contributed by atoms with Crippen LogP contribution < -0.4 is 19.5 Å². The summed E-state index contributed by atoms with van der Waals surface area (Å²) in [4.78, 5) is 12.5. The van der Waals surface area contributed by atoms with E-state index < -0.39 is 15.9 Å². The molecule has 0 aliphatic heterocycles. The molecule has 0 unspecified atom stereocenters. The Morgan fingerprint density at radius 3 is 2.27 bits per heavy atom. The molecule has 0 saturated carbocycles. The molecule has 2 aromatic rings. The third kappa shape index (κ3) is 5.74. The molecule has 2 aromatic carbocycles. The van der Waals surface area contributed by atoms with E-state index in [1.165, 1.54) is 39.5 Å². The average molecular weight is 435 g/mol. The molecule has 8 nitrogen and oxygen atoms in total. The Morgan fingerprint density at radius 1 is 1.03 bits per heavy atom. The second kappa shape index (κ2) is 10.7. The zero-order valence-corrected chi connectivity index (χ0v) is 18.1. The van der Waals surface area contributed by atoms with Gasteiger partial charge in [0.1, 0.15) is 5.75 Å². The van der Waals surface area contributed by atoms with E-state index in [9.17, 15) is 13.2 Å². The van der Waals surface area contributed by atoms with Gasteiger partial charge in [0, 0.05) is 13.1 Å². The van der Waals surface area contributed by atoms with Crippen molar-refractivity contribution in [2.75, 3.05) is 34.4 Å². The first-order valence-corrected chi connectivity index (χ1v) is 10.5. The van der Waals surface area contributed by atoms with Crippen molar-refractivity contribution in [3.05, 3.63) is 60.7 Å². The van der Waals surface area contributed by atoms with Crippen molar-refractivity contribution in [3.63, 3.8) is 0 Å². The van der Waals surface area contributed by atoms with Crippen molar-refractivity contribution in [1.29, 1.82) is 0 Å². The number of carbonyl (C=O) groups excluding carboxylic acids is 1. The maximum absolute atomic E-state index is 12.9. The monoisotopic (exact) mass is 434 g/mol. The first-order chi connectivity index (χ1) is 14.3. The van der Waals surface area contributed by atoms with Gasteiger partial charge < -0.3 is 19.5 Å². The third-order valence-electron chi connectivity index (χ3n) is 4.29. The molecular weight excluding hydrogens is 408 g/mol. The minimum absolute atomic E-state index is 0.00184. The standard InChI is InChI=1S/C21H26N2O6S/c1-5-12-23(30(25,26)18-9-7-17(27-2)8-10-18)15-21(24)22-14-16-6-11-19(28-3)20(13-16)29-4/h5-11,13H,1,12,14-15H2,2-4H3,(H,22,24). The van der Waals surface area contributed by atoms with Crippen LogP contribution in [0, 0.1) is 0 Å². The minimum Gasteiger partial charge on any atom is -0.497 e. The number of nitrogens with zero attached hydrogens (tertiary/aromatic N) is 1. The van der Waals surface area contributed by atoms with Crippen molar-refractivity contribution < 1.29 is 27.4 Å². The Bertz CT molecular complexity index is 973. The van der Waals surface area contributed by atoms with Crippen LogP contribution in [0.5, 0.6) is 17.2 Å². The van der Waals surface area contributed by atoms with E-state index in [0.717, 1.165) is 9.87 Å². The number of ether oxygens (including phenoxy) is 3. The minimum atomic E-state index is -3.88. The Morgan fingerprint density at radius 2 is 1.70 bits per heavy atom. The highest BCUT2D eigenvalue weighted by molar-refractivity contribution is 7.89. The summed E-state index contributed by atoms with van der Waals surface area (Å²) in [6.07, 6.45) is 1.43. The zero-order valence-electron chi connectivity index (χ0n) is 17.3. The number of rotatable bonds is 11. The summed E-state index contributed by atoms with van der Waals surface area (Å²) in [5.41, 5.74) is 0.786. The number of hydrogen-bond donors (Lipinski definition) is 1. The molecule has 9 heteroatoms. The molecule has 0 heterocycles. The van der Waals surface area contributed by atoms with E-state index in [4.69, 9.17) is 14.2 Å². The second-order valence-corrected chi connectivity index (χ2v) is 8.17. The van der Waals surface area contributed by atoms with Gasteiger partial charge in [-0.15, -0.1) is 6.58 Å². The van der Waals surface area contributed by atoms with Crippen LogP contribution in [0.25, 0.3) is 0 Å². The summed E-state index contributed by atoms with van der Waals surface area (Å²) >= 11 is 0. The number of benzene rings is 2. The van der Waals surface area contributed by atoms with Crippen molar-refractivity contribution in [1.82, 2.24) is 9.62 Å². The molecule has 1 N–H and O–H groups in total. The molecule has 0 bridgehead atoms. The molecule has 0 aromatic heterocycles. The molecule has 162 valence electrons. The summed E-state index contributed by atoms with van der Waals surface area (Å²) in [6, 6.07) is 11.2. The third-order valence-corrected chi connectivity index (χ3v) is 6.11. The van der Waals surface area contributed by atoms with Crippen LogP contribution in [0.3, 0.4) is 0 Å². The Labute approximate surface area is 177 Å². The SMILES string of the molecule is C=CCN(CC(=O)NCc1ccc(OC)c(OC)c1)S(=O)(=O)c1ccc(OC)cc1. The molecular formula is C21H26N2O6S. The number of hydrogen-bond acceptors (Lipinski definition) is 6. The van der Waals surface area contributed by atoms with Crippen LogP contribution in [-0.2, 0) is 21.4 Å². The van der Waals surface area contributed by atoms with E-state index in [0.29, 0.717) is 17.2 Å². The molecule has 1 amide bonds. The van der Waals surface area contributed by atoms with E-state index in [1.54, 1.807) is 30.3 Å². The first-order valence-electron chi connectivity index (χ1n) is 9.08. The van der Waals surface area contributed by atoms with Gasteiger partial charge in [0.05, 0.1) is 32.8 Å². The molecule has 0 atom stereocenters. The highest BCUT2D eigenvalue weighted by atomic mass is 32.2. The summed E-state index contributed by atoms with van der Waals surface area (Å²) < 4.78 is 42.4. The van der Waals surface area contributed by atoms with Gasteiger partial charge in [-0.1, -0.05) is 12.1 Å². The summed E-state index contributed by atoms with van der Waals surface area (Å²) in [7, 11) is 0.683. The lowest BCUT2D eigenvalue weighted by Crippen LogP contribution is -2.40. The maximum atomic E-state index is 12.9. The molecule has 0 fully saturated rings. The lowest BCUT2D eigenvalue weighted by molar-refractivity contribution is -0.121. The fraction of sp³-hybridized carbons (Fsp3) is 0.286. The molecule has 0 saturated heterocycles. The highest BCUT2D eigenvalue weighted by Crippen LogP contribution is 2.27. The van der Waals surface area contributed by atoms with Crippen molar-refractivity contribution in [3.8, 4) is 17.2 Å². The largest absolute Gasteiger partial charge is 0.497 e. The number of nitrogens with one attached hydrogen (secondary N) is 1. The van der Waals surface area contributed by atoms with Crippen molar-refractivity contribution in [2.24, 2.45) is 0 Å². The van der Waals surface area contributed by atoms with Crippen LogP contribution >= 0.6 is 0 Å². The summed E-state index contributed by atoms with van der Waals surface area (Å²) in [6.45, 7) is 3.46. The van der Waals surface area contributed by atoms with Crippen molar-refractivity contribution in [2.45, 2.75) is 11.4 Å². The molecule has 30 heavy (non-hydrogen) atoms. The van der Waals surface area contributed by atoms with Crippen LogP contribution in [0.1, 0.15) is 5.56 Å².